The van der Waals surface area contributed by atoms with Crippen molar-refractivity contribution >= 4 is 16.9 Å². The summed E-state index contributed by atoms with van der Waals surface area (Å²) < 4.78 is 5.18. The first-order chi connectivity index (χ1) is 8.13. The molecule has 0 aliphatic heterocycles. The van der Waals surface area contributed by atoms with Gasteiger partial charge in [-0.15, -0.1) is 0 Å². The average molecular weight is 232 g/mol. The molecule has 0 aliphatic carbocycles. The minimum atomic E-state index is -0.945. The topological polar surface area (TPSA) is 72.3 Å². The molecule has 2 rings (SSSR count). The number of aromatic nitrogens is 2. The fraction of sp³-hybridized carbons (Fsp3) is 0.250. The Balaban J connectivity index is 2.59. The number of nitrogens with zero attached hydrogens (tertiary/aromatic N) is 2. The van der Waals surface area contributed by atoms with E-state index in [0.717, 1.165) is 5.39 Å². The van der Waals surface area contributed by atoms with Gasteiger partial charge in [-0.05, 0) is 13.0 Å². The van der Waals surface area contributed by atoms with Gasteiger partial charge in [0.25, 0.3) is 0 Å². The molecule has 1 unspecified atom stereocenters. The second kappa shape index (κ2) is 4.37. The number of para-hydroxylation sites is 1. The number of benzene rings is 1. The van der Waals surface area contributed by atoms with Crippen LogP contribution in [0.4, 0.5) is 0 Å². The fourth-order valence-corrected chi connectivity index (χ4v) is 1.53. The predicted molar refractivity (Wildman–Crippen MR) is 62.1 cm³/mol. The van der Waals surface area contributed by atoms with Crippen LogP contribution in [0.3, 0.4) is 0 Å². The number of carbonyl (C=O) groups is 1. The highest BCUT2D eigenvalue weighted by atomic mass is 16.5. The van der Waals surface area contributed by atoms with Crippen molar-refractivity contribution in [3.05, 3.63) is 30.2 Å². The molecule has 0 radical (unpaired) electrons. The first-order valence-corrected chi connectivity index (χ1v) is 5.16. The van der Waals surface area contributed by atoms with E-state index >= 15 is 0 Å². The van der Waals surface area contributed by atoms with E-state index in [1.807, 2.05) is 12.1 Å². The molecule has 0 aliphatic rings. The van der Waals surface area contributed by atoms with Crippen molar-refractivity contribution in [3.8, 4) is 5.75 Å². The molecule has 17 heavy (non-hydrogen) atoms. The summed E-state index contributed by atoms with van der Waals surface area (Å²) in [5, 5.41) is 9.75. The van der Waals surface area contributed by atoms with E-state index < -0.39 is 11.9 Å². The molecule has 5 nitrogen and oxygen atoms in total. The molecular formula is C12H12N2O3. The standard InChI is InChI=1S/C12H12N2O3/c1-7(12(15)16)11-13-6-8-4-3-5-9(17-2)10(8)14-11/h3-7H,1-2H3,(H,15,16). The zero-order valence-electron chi connectivity index (χ0n) is 9.54. The van der Waals surface area contributed by atoms with Crippen molar-refractivity contribution in [2.24, 2.45) is 0 Å². The third-order valence-corrected chi connectivity index (χ3v) is 2.57. The largest absolute Gasteiger partial charge is 0.494 e. The van der Waals surface area contributed by atoms with Gasteiger partial charge in [-0.3, -0.25) is 4.79 Å². The summed E-state index contributed by atoms with van der Waals surface area (Å²) in [7, 11) is 1.55. The predicted octanol–water partition coefficient (Wildman–Crippen LogP) is 1.83. The van der Waals surface area contributed by atoms with Crippen molar-refractivity contribution in [2.75, 3.05) is 7.11 Å². The van der Waals surface area contributed by atoms with Crippen molar-refractivity contribution in [3.63, 3.8) is 0 Å². The third-order valence-electron chi connectivity index (χ3n) is 2.57. The lowest BCUT2D eigenvalue weighted by molar-refractivity contribution is -0.138. The molecule has 0 bridgehead atoms. The van der Waals surface area contributed by atoms with Crippen LogP contribution in [0.2, 0.25) is 0 Å². The van der Waals surface area contributed by atoms with E-state index in [9.17, 15) is 4.79 Å². The normalized spacial score (nSPS) is 12.4. The fourth-order valence-electron chi connectivity index (χ4n) is 1.53. The Morgan fingerprint density at radius 2 is 2.24 bits per heavy atom. The van der Waals surface area contributed by atoms with Gasteiger partial charge in [0, 0.05) is 11.6 Å². The van der Waals surface area contributed by atoms with Crippen LogP contribution in [0.1, 0.15) is 18.7 Å². The molecule has 1 N–H and O–H groups in total. The van der Waals surface area contributed by atoms with Gasteiger partial charge in [-0.1, -0.05) is 12.1 Å². The molecule has 0 spiro atoms. The Morgan fingerprint density at radius 1 is 1.47 bits per heavy atom. The summed E-state index contributed by atoms with van der Waals surface area (Å²) in [5.74, 6) is -0.776. The van der Waals surface area contributed by atoms with E-state index in [2.05, 4.69) is 9.97 Å². The molecule has 88 valence electrons. The van der Waals surface area contributed by atoms with E-state index in [1.165, 1.54) is 0 Å². The average Bonchev–Trinajstić information content (AvgIpc) is 2.36. The number of methoxy groups -OCH3 is 1. The second-order valence-corrected chi connectivity index (χ2v) is 3.69. The SMILES string of the molecule is COc1cccc2cnc(C(C)C(=O)O)nc12. The molecule has 0 amide bonds. The van der Waals surface area contributed by atoms with Crippen LogP contribution in [-0.2, 0) is 4.79 Å². The summed E-state index contributed by atoms with van der Waals surface area (Å²) in [4.78, 5) is 19.2. The van der Waals surface area contributed by atoms with Gasteiger partial charge in [0.05, 0.1) is 7.11 Å². The molecule has 1 aromatic carbocycles. The first-order valence-electron chi connectivity index (χ1n) is 5.16. The highest BCUT2D eigenvalue weighted by molar-refractivity contribution is 5.84. The van der Waals surface area contributed by atoms with Crippen LogP contribution >= 0.6 is 0 Å². The Morgan fingerprint density at radius 3 is 2.88 bits per heavy atom. The maximum absolute atomic E-state index is 10.9. The summed E-state index contributed by atoms with van der Waals surface area (Å²) >= 11 is 0. The third kappa shape index (κ3) is 2.04. The Hall–Kier alpha value is -2.17. The van der Waals surface area contributed by atoms with E-state index in [-0.39, 0.29) is 5.82 Å². The molecule has 0 fully saturated rings. The number of rotatable bonds is 3. The van der Waals surface area contributed by atoms with Gasteiger partial charge >= 0.3 is 5.97 Å². The maximum Gasteiger partial charge on any atom is 0.313 e. The van der Waals surface area contributed by atoms with Crippen molar-refractivity contribution in [2.45, 2.75) is 12.8 Å². The van der Waals surface area contributed by atoms with Gasteiger partial charge in [0.2, 0.25) is 0 Å². The number of hydrogen-bond donors (Lipinski definition) is 1. The molecule has 1 aromatic heterocycles. The molecule has 0 saturated carbocycles. The van der Waals surface area contributed by atoms with Gasteiger partial charge in [-0.2, -0.15) is 0 Å². The van der Waals surface area contributed by atoms with Crippen LogP contribution in [0.15, 0.2) is 24.4 Å². The smallest absolute Gasteiger partial charge is 0.313 e. The summed E-state index contributed by atoms with van der Waals surface area (Å²) in [6.45, 7) is 1.55. The zero-order valence-corrected chi connectivity index (χ0v) is 9.54. The molecule has 2 aromatic rings. The van der Waals surface area contributed by atoms with Gasteiger partial charge in [0.15, 0.2) is 0 Å². The highest BCUT2D eigenvalue weighted by Gasteiger charge is 2.17. The zero-order chi connectivity index (χ0) is 12.4. The molecule has 1 atom stereocenters. The quantitative estimate of drug-likeness (QED) is 0.873. The van der Waals surface area contributed by atoms with E-state index in [1.54, 1.807) is 26.3 Å². The highest BCUT2D eigenvalue weighted by Crippen LogP contribution is 2.24. The lowest BCUT2D eigenvalue weighted by Gasteiger charge is -2.08. The lowest BCUT2D eigenvalue weighted by atomic mass is 10.1. The Labute approximate surface area is 98.1 Å². The molecule has 0 saturated heterocycles. The molecule has 5 heteroatoms. The van der Waals surface area contributed by atoms with Crippen molar-refractivity contribution in [1.29, 1.82) is 0 Å². The van der Waals surface area contributed by atoms with Gasteiger partial charge in [-0.25, -0.2) is 9.97 Å². The lowest BCUT2D eigenvalue weighted by Crippen LogP contribution is -2.11. The van der Waals surface area contributed by atoms with Crippen LogP contribution in [0.25, 0.3) is 10.9 Å². The minimum Gasteiger partial charge on any atom is -0.494 e. The van der Waals surface area contributed by atoms with Crippen LogP contribution in [0, 0.1) is 0 Å². The van der Waals surface area contributed by atoms with E-state index in [0.29, 0.717) is 11.3 Å². The number of fused-ring (bicyclic) bond motifs is 1. The van der Waals surface area contributed by atoms with Gasteiger partial charge < -0.3 is 9.84 Å². The van der Waals surface area contributed by atoms with Gasteiger partial charge in [0.1, 0.15) is 23.0 Å². The number of ether oxygens (including phenoxy) is 1. The molecular weight excluding hydrogens is 220 g/mol. The van der Waals surface area contributed by atoms with Crippen LogP contribution in [-0.4, -0.2) is 28.2 Å². The first kappa shape index (κ1) is 11.3. The number of carboxylic acids is 1. The summed E-state index contributed by atoms with van der Waals surface area (Å²) in [6.07, 6.45) is 1.61. The Kier molecular flexibility index (Phi) is 2.91. The molecule has 1 heterocycles. The second-order valence-electron chi connectivity index (χ2n) is 3.69. The minimum absolute atomic E-state index is 0.287. The van der Waals surface area contributed by atoms with Crippen LogP contribution in [0.5, 0.6) is 5.75 Å². The summed E-state index contributed by atoms with van der Waals surface area (Å²) in [6, 6.07) is 5.47. The van der Waals surface area contributed by atoms with Crippen molar-refractivity contribution < 1.29 is 14.6 Å². The number of aliphatic carboxylic acids is 1. The van der Waals surface area contributed by atoms with E-state index in [4.69, 9.17) is 9.84 Å². The summed E-state index contributed by atoms with van der Waals surface area (Å²) in [5.41, 5.74) is 0.633. The number of hydrogen-bond acceptors (Lipinski definition) is 4. The monoisotopic (exact) mass is 232 g/mol. The maximum atomic E-state index is 10.9. The Bertz CT molecular complexity index is 569. The number of carboxylic acid groups (broad SMARTS) is 1. The van der Waals surface area contributed by atoms with Crippen molar-refractivity contribution in [1.82, 2.24) is 9.97 Å². The van der Waals surface area contributed by atoms with Crippen LogP contribution < -0.4 is 4.74 Å².